The summed E-state index contributed by atoms with van der Waals surface area (Å²) in [5.41, 5.74) is 0.512. The van der Waals surface area contributed by atoms with Gasteiger partial charge in [-0.15, -0.1) is 0 Å². The van der Waals surface area contributed by atoms with Crippen molar-refractivity contribution in [2.24, 2.45) is 5.92 Å². The highest BCUT2D eigenvalue weighted by molar-refractivity contribution is 9.10. The van der Waals surface area contributed by atoms with Gasteiger partial charge in [-0.2, -0.15) is 0 Å². The quantitative estimate of drug-likeness (QED) is 0.761. The minimum absolute atomic E-state index is 0.160. The molecule has 0 saturated heterocycles. The molecule has 1 aromatic rings. The summed E-state index contributed by atoms with van der Waals surface area (Å²) in [6.45, 7) is 2.58. The lowest BCUT2D eigenvalue weighted by atomic mass is 9.96. The van der Waals surface area contributed by atoms with Gasteiger partial charge in [0.2, 0.25) is 0 Å². The maximum absolute atomic E-state index is 11.9. The number of nitrogens with zero attached hydrogens (tertiary/aromatic N) is 1. The molecule has 0 bridgehead atoms. The van der Waals surface area contributed by atoms with E-state index in [1.807, 2.05) is 6.92 Å². The van der Waals surface area contributed by atoms with Crippen molar-refractivity contribution >= 4 is 27.8 Å². The molecular formula is C14H19BrN2O3. The monoisotopic (exact) mass is 342 g/mol. The summed E-state index contributed by atoms with van der Waals surface area (Å²) in [5.74, 6) is -0.605. The zero-order chi connectivity index (χ0) is 15.0. The fourth-order valence-electron chi connectivity index (χ4n) is 1.91. The van der Waals surface area contributed by atoms with Crippen LogP contribution in [-0.2, 0) is 4.79 Å². The molecule has 20 heavy (non-hydrogen) atoms. The third kappa shape index (κ3) is 6.14. The van der Waals surface area contributed by atoms with Crippen LogP contribution in [0.15, 0.2) is 22.9 Å². The van der Waals surface area contributed by atoms with Crippen LogP contribution in [0, 0.1) is 5.92 Å². The van der Waals surface area contributed by atoms with Crippen LogP contribution in [0.3, 0.4) is 0 Å². The molecule has 1 rings (SSSR count). The van der Waals surface area contributed by atoms with E-state index < -0.39 is 5.97 Å². The number of nitrogens with one attached hydrogen (secondary N) is 1. The van der Waals surface area contributed by atoms with Crippen LogP contribution < -0.4 is 5.32 Å². The number of amides is 1. The van der Waals surface area contributed by atoms with Crippen LogP contribution in [0.2, 0.25) is 0 Å². The zero-order valence-corrected chi connectivity index (χ0v) is 13.0. The third-order valence-corrected chi connectivity index (χ3v) is 3.58. The third-order valence-electron chi connectivity index (χ3n) is 3.15. The van der Waals surface area contributed by atoms with Gasteiger partial charge in [-0.25, -0.2) is 0 Å². The summed E-state index contributed by atoms with van der Waals surface area (Å²) in [5, 5.41) is 11.5. The molecule has 110 valence electrons. The van der Waals surface area contributed by atoms with E-state index in [-0.39, 0.29) is 12.3 Å². The highest BCUT2D eigenvalue weighted by atomic mass is 79.9. The van der Waals surface area contributed by atoms with Crippen LogP contribution in [0.1, 0.15) is 43.0 Å². The smallest absolute Gasteiger partial charge is 0.303 e. The Bertz CT molecular complexity index is 465. The largest absolute Gasteiger partial charge is 0.481 e. The number of carbonyl (C=O) groups excluding carboxylic acids is 1. The molecule has 6 heteroatoms. The second kappa shape index (κ2) is 8.68. The first-order valence-electron chi connectivity index (χ1n) is 6.63. The second-order valence-corrected chi connectivity index (χ2v) is 5.56. The van der Waals surface area contributed by atoms with E-state index in [0.717, 1.165) is 17.3 Å². The number of carboxylic acids is 1. The molecule has 2 N–H and O–H groups in total. The van der Waals surface area contributed by atoms with Gasteiger partial charge in [0, 0.05) is 29.8 Å². The van der Waals surface area contributed by atoms with Gasteiger partial charge in [-0.05, 0) is 40.8 Å². The van der Waals surface area contributed by atoms with Gasteiger partial charge in [-0.3, -0.25) is 14.6 Å². The Morgan fingerprint density at radius 3 is 2.75 bits per heavy atom. The highest BCUT2D eigenvalue weighted by Crippen LogP contribution is 2.15. The predicted molar refractivity (Wildman–Crippen MR) is 79.5 cm³/mol. The van der Waals surface area contributed by atoms with Crippen molar-refractivity contribution in [3.05, 3.63) is 28.5 Å². The van der Waals surface area contributed by atoms with Gasteiger partial charge >= 0.3 is 5.97 Å². The molecule has 1 aromatic heterocycles. The minimum atomic E-state index is -0.771. The maximum Gasteiger partial charge on any atom is 0.303 e. The van der Waals surface area contributed by atoms with Crippen LogP contribution in [-0.4, -0.2) is 28.5 Å². The molecule has 1 amide bonds. The Kier molecular flexibility index (Phi) is 7.22. The molecule has 0 aliphatic rings. The van der Waals surface area contributed by atoms with Crippen molar-refractivity contribution in [2.75, 3.05) is 6.54 Å². The van der Waals surface area contributed by atoms with Gasteiger partial charge in [0.15, 0.2) is 0 Å². The molecule has 0 saturated carbocycles. The number of aromatic nitrogens is 1. The Labute approximate surface area is 126 Å². The molecule has 0 radical (unpaired) electrons. The number of hydrogen-bond acceptors (Lipinski definition) is 3. The summed E-state index contributed by atoms with van der Waals surface area (Å²) in [4.78, 5) is 26.3. The number of rotatable bonds is 8. The Hall–Kier alpha value is -1.43. The predicted octanol–water partition coefficient (Wildman–Crippen LogP) is 2.86. The lowest BCUT2D eigenvalue weighted by Gasteiger charge is -2.14. The number of aliphatic carboxylic acids is 1. The van der Waals surface area contributed by atoms with E-state index in [4.69, 9.17) is 5.11 Å². The molecule has 1 atom stereocenters. The molecule has 1 unspecified atom stereocenters. The minimum Gasteiger partial charge on any atom is -0.481 e. The number of carboxylic acid groups (broad SMARTS) is 1. The Morgan fingerprint density at radius 2 is 2.15 bits per heavy atom. The summed E-state index contributed by atoms with van der Waals surface area (Å²) in [7, 11) is 0. The van der Waals surface area contributed by atoms with Gasteiger partial charge < -0.3 is 10.4 Å². The average molecular weight is 343 g/mol. The van der Waals surface area contributed by atoms with Crippen molar-refractivity contribution < 1.29 is 14.7 Å². The second-order valence-electron chi connectivity index (χ2n) is 4.64. The lowest BCUT2D eigenvalue weighted by Crippen LogP contribution is -2.26. The summed E-state index contributed by atoms with van der Waals surface area (Å²) >= 11 is 3.27. The van der Waals surface area contributed by atoms with Gasteiger partial charge in [0.25, 0.3) is 5.91 Å². The SMILES string of the molecule is CCC(CCNC(=O)c1cncc(Br)c1)CCC(=O)O. The van der Waals surface area contributed by atoms with Crippen LogP contribution in [0.4, 0.5) is 0 Å². The standard InChI is InChI=1S/C14H19BrN2O3/c1-2-10(3-4-13(18)19)5-6-17-14(20)11-7-12(15)9-16-8-11/h7-10H,2-6H2,1H3,(H,17,20)(H,18,19). The summed E-state index contributed by atoms with van der Waals surface area (Å²) < 4.78 is 0.762. The zero-order valence-electron chi connectivity index (χ0n) is 11.4. The number of pyridine rings is 1. The number of carbonyl (C=O) groups is 2. The Balaban J connectivity index is 2.35. The molecule has 5 nitrogen and oxygen atoms in total. The molecule has 1 heterocycles. The first-order chi connectivity index (χ1) is 9.52. The van der Waals surface area contributed by atoms with Gasteiger partial charge in [0.05, 0.1) is 5.56 Å². The van der Waals surface area contributed by atoms with Crippen molar-refractivity contribution in [2.45, 2.75) is 32.6 Å². The van der Waals surface area contributed by atoms with E-state index >= 15 is 0 Å². The van der Waals surface area contributed by atoms with Gasteiger partial charge in [0.1, 0.15) is 0 Å². The molecule has 0 aromatic carbocycles. The van der Waals surface area contributed by atoms with E-state index in [1.54, 1.807) is 12.3 Å². The molecule has 0 aliphatic carbocycles. The van der Waals surface area contributed by atoms with Crippen molar-refractivity contribution in [1.29, 1.82) is 0 Å². The molecule has 0 fully saturated rings. The summed E-state index contributed by atoms with van der Waals surface area (Å²) in [6.07, 6.45) is 5.68. The van der Waals surface area contributed by atoms with E-state index in [9.17, 15) is 9.59 Å². The first-order valence-corrected chi connectivity index (χ1v) is 7.42. The van der Waals surface area contributed by atoms with E-state index in [2.05, 4.69) is 26.2 Å². The number of halogens is 1. The van der Waals surface area contributed by atoms with Crippen molar-refractivity contribution in [1.82, 2.24) is 10.3 Å². The average Bonchev–Trinajstić information content (AvgIpc) is 2.42. The lowest BCUT2D eigenvalue weighted by molar-refractivity contribution is -0.137. The van der Waals surface area contributed by atoms with E-state index in [1.165, 1.54) is 6.20 Å². The first kappa shape index (κ1) is 16.6. The molecule has 0 aliphatic heterocycles. The molecule has 0 spiro atoms. The highest BCUT2D eigenvalue weighted by Gasteiger charge is 2.10. The van der Waals surface area contributed by atoms with Crippen molar-refractivity contribution in [3.63, 3.8) is 0 Å². The van der Waals surface area contributed by atoms with E-state index in [0.29, 0.717) is 24.4 Å². The fourth-order valence-corrected chi connectivity index (χ4v) is 2.27. The Morgan fingerprint density at radius 1 is 1.40 bits per heavy atom. The number of hydrogen-bond donors (Lipinski definition) is 2. The maximum atomic E-state index is 11.9. The van der Waals surface area contributed by atoms with Crippen LogP contribution in [0.25, 0.3) is 0 Å². The van der Waals surface area contributed by atoms with Crippen LogP contribution >= 0.6 is 15.9 Å². The topological polar surface area (TPSA) is 79.3 Å². The summed E-state index contributed by atoms with van der Waals surface area (Å²) in [6, 6.07) is 1.71. The molecular weight excluding hydrogens is 324 g/mol. The van der Waals surface area contributed by atoms with Gasteiger partial charge in [-0.1, -0.05) is 13.3 Å². The van der Waals surface area contributed by atoms with Crippen LogP contribution in [0.5, 0.6) is 0 Å². The fraction of sp³-hybridized carbons (Fsp3) is 0.500. The normalized spacial score (nSPS) is 11.9. The van der Waals surface area contributed by atoms with Crippen molar-refractivity contribution in [3.8, 4) is 0 Å².